The molecule has 4 heterocycles. The van der Waals surface area contributed by atoms with Gasteiger partial charge in [0.25, 0.3) is 5.91 Å². The number of methoxy groups -OCH3 is 1. The second-order valence-electron chi connectivity index (χ2n) is 9.35. The van der Waals surface area contributed by atoms with Crippen LogP contribution in [0.5, 0.6) is 5.75 Å². The number of aromatic nitrogens is 2. The van der Waals surface area contributed by atoms with E-state index in [-0.39, 0.29) is 16.2 Å². The highest BCUT2D eigenvalue weighted by atomic mass is 32.2. The lowest BCUT2D eigenvalue weighted by Crippen LogP contribution is -2.44. The van der Waals surface area contributed by atoms with Crippen molar-refractivity contribution in [1.82, 2.24) is 19.5 Å². The van der Waals surface area contributed by atoms with Gasteiger partial charge in [-0.05, 0) is 50.7 Å². The maximum Gasteiger partial charge on any atom is 0.259 e. The molecule has 2 aliphatic heterocycles. The number of rotatable bonds is 5. The van der Waals surface area contributed by atoms with E-state index in [4.69, 9.17) is 13.8 Å². The Bertz CT molecular complexity index is 1350. The number of hydrogen-bond donors (Lipinski definition) is 0. The predicted octanol–water partition coefficient (Wildman–Crippen LogP) is 3.27. The second-order valence-corrected chi connectivity index (χ2v) is 11.3. The smallest absolute Gasteiger partial charge is 0.259 e. The molecule has 1 amide bonds. The molecule has 35 heavy (non-hydrogen) atoms. The standard InChI is InChI=1S/C24H28N4O6S/c1-16-13-20(26-33-16)22-21(17(2)25-34-22)23(29)27-10-7-24(15-27)8-11-28(12-9-24)35(30,31)19-6-4-5-18(14-19)32-3/h4-6,13-14H,7-12,15H2,1-3H3. The summed E-state index contributed by atoms with van der Waals surface area (Å²) in [7, 11) is -2.10. The van der Waals surface area contributed by atoms with Crippen LogP contribution >= 0.6 is 0 Å². The van der Waals surface area contributed by atoms with Crippen molar-refractivity contribution in [2.24, 2.45) is 5.41 Å². The van der Waals surface area contributed by atoms with Gasteiger partial charge in [0.05, 0.1) is 17.7 Å². The van der Waals surface area contributed by atoms with Crippen LogP contribution in [0.1, 0.15) is 41.1 Å². The number of piperidine rings is 1. The zero-order chi connectivity index (χ0) is 24.8. The van der Waals surface area contributed by atoms with Crippen molar-refractivity contribution in [3.8, 4) is 17.2 Å². The van der Waals surface area contributed by atoms with Crippen LogP contribution in [0.25, 0.3) is 11.5 Å². The Hall–Kier alpha value is -3.18. The first-order valence-corrected chi connectivity index (χ1v) is 13.0. The topological polar surface area (TPSA) is 119 Å². The Morgan fingerprint density at radius 2 is 1.80 bits per heavy atom. The molecule has 11 heteroatoms. The molecule has 5 rings (SSSR count). The van der Waals surface area contributed by atoms with Crippen LogP contribution in [-0.2, 0) is 10.0 Å². The molecule has 0 atom stereocenters. The molecule has 0 N–H and O–H groups in total. The first-order chi connectivity index (χ1) is 16.7. The third kappa shape index (κ3) is 4.23. The minimum absolute atomic E-state index is 0.105. The Labute approximate surface area is 203 Å². The maximum absolute atomic E-state index is 13.5. The van der Waals surface area contributed by atoms with Crippen LogP contribution in [0.15, 0.2) is 44.3 Å². The Kier molecular flexibility index (Phi) is 5.92. The van der Waals surface area contributed by atoms with Gasteiger partial charge in [0.15, 0.2) is 5.69 Å². The predicted molar refractivity (Wildman–Crippen MR) is 125 cm³/mol. The van der Waals surface area contributed by atoms with Crippen LogP contribution in [0.3, 0.4) is 0 Å². The monoisotopic (exact) mass is 500 g/mol. The van der Waals surface area contributed by atoms with Gasteiger partial charge in [0.2, 0.25) is 15.8 Å². The molecule has 0 radical (unpaired) electrons. The number of carbonyl (C=O) groups is 1. The summed E-state index contributed by atoms with van der Waals surface area (Å²) >= 11 is 0. The van der Waals surface area contributed by atoms with E-state index in [9.17, 15) is 13.2 Å². The summed E-state index contributed by atoms with van der Waals surface area (Å²) < 4.78 is 43.6. The van der Waals surface area contributed by atoms with Gasteiger partial charge in [-0.25, -0.2) is 8.42 Å². The number of ether oxygens (including phenoxy) is 1. The summed E-state index contributed by atoms with van der Waals surface area (Å²) in [6.45, 7) is 5.51. The summed E-state index contributed by atoms with van der Waals surface area (Å²) in [5.41, 5.74) is 1.24. The van der Waals surface area contributed by atoms with Crippen LogP contribution in [0.4, 0.5) is 0 Å². The van der Waals surface area contributed by atoms with Gasteiger partial charge in [-0.1, -0.05) is 16.4 Å². The fourth-order valence-corrected chi connectivity index (χ4v) is 6.53. The average molecular weight is 501 g/mol. The van der Waals surface area contributed by atoms with Crippen molar-refractivity contribution < 1.29 is 27.0 Å². The lowest BCUT2D eigenvalue weighted by Gasteiger charge is -2.38. The summed E-state index contributed by atoms with van der Waals surface area (Å²) in [5.74, 6) is 1.28. The fraction of sp³-hybridized carbons (Fsp3) is 0.458. The molecule has 2 aliphatic rings. The van der Waals surface area contributed by atoms with Crippen molar-refractivity contribution >= 4 is 15.9 Å². The molecule has 2 saturated heterocycles. The molecular weight excluding hydrogens is 472 g/mol. The van der Waals surface area contributed by atoms with Crippen LogP contribution < -0.4 is 4.74 Å². The minimum atomic E-state index is -3.61. The SMILES string of the molecule is COc1cccc(S(=O)(=O)N2CCC3(CCN(C(=O)c4c(C)noc4-c4cc(C)on4)C3)CC2)c1. The largest absolute Gasteiger partial charge is 0.497 e. The van der Waals surface area contributed by atoms with E-state index < -0.39 is 10.0 Å². The van der Waals surface area contributed by atoms with Crippen molar-refractivity contribution in [3.63, 3.8) is 0 Å². The van der Waals surface area contributed by atoms with Gasteiger partial charge < -0.3 is 18.7 Å². The number of aryl methyl sites for hydroxylation is 2. The van der Waals surface area contributed by atoms with E-state index in [2.05, 4.69) is 10.3 Å². The zero-order valence-corrected chi connectivity index (χ0v) is 20.8. The maximum atomic E-state index is 13.5. The second kappa shape index (κ2) is 8.80. The third-order valence-electron chi connectivity index (χ3n) is 7.12. The van der Waals surface area contributed by atoms with E-state index in [0.717, 1.165) is 6.42 Å². The van der Waals surface area contributed by atoms with E-state index in [1.54, 1.807) is 44.2 Å². The van der Waals surface area contributed by atoms with Crippen molar-refractivity contribution in [1.29, 1.82) is 0 Å². The molecule has 1 spiro atoms. The summed E-state index contributed by atoms with van der Waals surface area (Å²) in [6, 6.07) is 8.25. The number of likely N-dealkylation sites (tertiary alicyclic amines) is 1. The number of amides is 1. The molecular formula is C24H28N4O6S. The minimum Gasteiger partial charge on any atom is -0.497 e. The molecule has 0 saturated carbocycles. The van der Waals surface area contributed by atoms with Crippen LogP contribution in [0.2, 0.25) is 0 Å². The highest BCUT2D eigenvalue weighted by Gasteiger charge is 2.45. The van der Waals surface area contributed by atoms with E-state index in [1.807, 2.05) is 4.90 Å². The molecule has 10 nitrogen and oxygen atoms in total. The summed E-state index contributed by atoms with van der Waals surface area (Å²) in [4.78, 5) is 15.5. The highest BCUT2D eigenvalue weighted by Crippen LogP contribution is 2.42. The van der Waals surface area contributed by atoms with Crippen LogP contribution in [0, 0.1) is 19.3 Å². The molecule has 0 bridgehead atoms. The van der Waals surface area contributed by atoms with Gasteiger partial charge in [-0.2, -0.15) is 4.31 Å². The van der Waals surface area contributed by atoms with Crippen molar-refractivity contribution in [2.75, 3.05) is 33.3 Å². The Morgan fingerprint density at radius 3 is 2.49 bits per heavy atom. The van der Waals surface area contributed by atoms with E-state index in [0.29, 0.717) is 73.2 Å². The molecule has 1 aromatic carbocycles. The van der Waals surface area contributed by atoms with Crippen molar-refractivity contribution in [3.05, 3.63) is 47.3 Å². The Balaban J connectivity index is 1.29. The molecule has 2 aromatic heterocycles. The molecule has 0 aliphatic carbocycles. The van der Waals surface area contributed by atoms with Crippen molar-refractivity contribution in [2.45, 2.75) is 38.0 Å². The van der Waals surface area contributed by atoms with Gasteiger partial charge in [-0.15, -0.1) is 0 Å². The van der Waals surface area contributed by atoms with E-state index >= 15 is 0 Å². The Morgan fingerprint density at radius 1 is 1.06 bits per heavy atom. The summed E-state index contributed by atoms with van der Waals surface area (Å²) in [5, 5.41) is 7.96. The molecule has 2 fully saturated rings. The quantitative estimate of drug-likeness (QED) is 0.524. The first kappa shape index (κ1) is 23.6. The fourth-order valence-electron chi connectivity index (χ4n) is 5.06. The van der Waals surface area contributed by atoms with Crippen LogP contribution in [-0.4, -0.2) is 67.1 Å². The first-order valence-electron chi connectivity index (χ1n) is 11.6. The molecule has 0 unspecified atom stereocenters. The van der Waals surface area contributed by atoms with Gasteiger partial charge in [0, 0.05) is 38.3 Å². The normalized spacial score (nSPS) is 18.3. The molecule has 186 valence electrons. The lowest BCUT2D eigenvalue weighted by atomic mass is 9.78. The number of nitrogens with zero attached hydrogens (tertiary/aromatic N) is 4. The van der Waals surface area contributed by atoms with Gasteiger partial charge in [-0.3, -0.25) is 4.79 Å². The van der Waals surface area contributed by atoms with E-state index in [1.165, 1.54) is 11.4 Å². The number of hydrogen-bond acceptors (Lipinski definition) is 8. The summed E-state index contributed by atoms with van der Waals surface area (Å²) in [6.07, 6.45) is 2.21. The lowest BCUT2D eigenvalue weighted by molar-refractivity contribution is 0.0750. The highest BCUT2D eigenvalue weighted by molar-refractivity contribution is 7.89. The molecule has 3 aromatic rings. The van der Waals surface area contributed by atoms with Gasteiger partial charge >= 0.3 is 0 Å². The zero-order valence-electron chi connectivity index (χ0n) is 20.0. The van der Waals surface area contributed by atoms with Gasteiger partial charge in [0.1, 0.15) is 17.1 Å². The third-order valence-corrected chi connectivity index (χ3v) is 9.02. The number of sulfonamides is 1. The number of carbonyl (C=O) groups excluding carboxylic acids is 1. The average Bonchev–Trinajstić information content (AvgIpc) is 3.58. The number of benzene rings is 1.